The van der Waals surface area contributed by atoms with Gasteiger partial charge in [0.05, 0.1) is 4.90 Å². The zero-order valence-electron chi connectivity index (χ0n) is 10.4. The van der Waals surface area contributed by atoms with Crippen molar-refractivity contribution >= 4 is 15.8 Å². The molecule has 0 saturated carbocycles. The molecule has 2 N–H and O–H groups in total. The number of benzene rings is 1. The molecule has 7 heteroatoms. The third-order valence-electron chi connectivity index (χ3n) is 2.51. The molecule has 2 aromatic rings. The van der Waals surface area contributed by atoms with Crippen molar-refractivity contribution in [1.82, 2.24) is 10.2 Å². The van der Waals surface area contributed by atoms with E-state index >= 15 is 0 Å². The molecule has 0 aliphatic heterocycles. The van der Waals surface area contributed by atoms with Gasteiger partial charge in [-0.05, 0) is 30.7 Å². The summed E-state index contributed by atoms with van der Waals surface area (Å²) < 4.78 is 39.1. The van der Waals surface area contributed by atoms with Gasteiger partial charge in [0.15, 0.2) is 5.82 Å². The Bertz CT molecular complexity index is 650. The predicted molar refractivity (Wildman–Crippen MR) is 69.8 cm³/mol. The molecule has 0 amide bonds. The minimum absolute atomic E-state index is 0.00561. The van der Waals surface area contributed by atoms with Crippen LogP contribution in [-0.2, 0) is 16.4 Å². The van der Waals surface area contributed by atoms with Crippen LogP contribution in [0.5, 0.6) is 0 Å². The van der Waals surface area contributed by atoms with Crippen LogP contribution in [0, 0.1) is 5.82 Å². The lowest BCUT2D eigenvalue weighted by Crippen LogP contribution is -2.13. The highest BCUT2D eigenvalue weighted by Gasteiger charge is 2.15. The van der Waals surface area contributed by atoms with Crippen molar-refractivity contribution in [3.63, 3.8) is 0 Å². The Morgan fingerprint density at radius 2 is 2.00 bits per heavy atom. The van der Waals surface area contributed by atoms with Crippen LogP contribution in [0.2, 0.25) is 0 Å². The normalized spacial score (nSPS) is 11.5. The molecular formula is C12H14FN3O2S. The second kappa shape index (κ2) is 5.40. The molecule has 0 aliphatic carbocycles. The molecule has 1 heterocycles. The van der Waals surface area contributed by atoms with Gasteiger partial charge in [0.25, 0.3) is 10.0 Å². The van der Waals surface area contributed by atoms with Crippen LogP contribution in [-0.4, -0.2) is 18.6 Å². The molecule has 1 aromatic carbocycles. The third kappa shape index (κ3) is 3.31. The molecular weight excluding hydrogens is 269 g/mol. The highest BCUT2D eigenvalue weighted by atomic mass is 32.2. The number of aromatic nitrogens is 2. The lowest BCUT2D eigenvalue weighted by Gasteiger charge is -2.04. The molecule has 19 heavy (non-hydrogen) atoms. The molecule has 102 valence electrons. The van der Waals surface area contributed by atoms with Gasteiger partial charge in [0.2, 0.25) is 0 Å². The third-order valence-corrected chi connectivity index (χ3v) is 3.88. The molecule has 0 radical (unpaired) electrons. The van der Waals surface area contributed by atoms with Crippen LogP contribution < -0.4 is 4.72 Å². The van der Waals surface area contributed by atoms with E-state index in [4.69, 9.17) is 0 Å². The fourth-order valence-electron chi connectivity index (χ4n) is 1.62. The summed E-state index contributed by atoms with van der Waals surface area (Å²) >= 11 is 0. The number of halogens is 1. The quantitative estimate of drug-likeness (QED) is 0.884. The molecule has 0 atom stereocenters. The zero-order chi connectivity index (χ0) is 13.9. The van der Waals surface area contributed by atoms with Crippen molar-refractivity contribution < 1.29 is 12.8 Å². The van der Waals surface area contributed by atoms with E-state index < -0.39 is 15.8 Å². The fraction of sp³-hybridized carbons (Fsp3) is 0.250. The summed E-state index contributed by atoms with van der Waals surface area (Å²) in [6.07, 6.45) is 1.73. The first-order valence-electron chi connectivity index (χ1n) is 5.84. The maximum Gasteiger partial charge on any atom is 0.263 e. The van der Waals surface area contributed by atoms with Gasteiger partial charge >= 0.3 is 0 Å². The standard InChI is InChI=1S/C12H14FN3O2S/c1-2-3-10-8-12(15-14-10)16-19(17,18)11-6-4-9(13)5-7-11/h4-8H,2-3H2,1H3,(H2,14,15,16). The number of H-pyrrole nitrogens is 1. The summed E-state index contributed by atoms with van der Waals surface area (Å²) in [5, 5.41) is 6.63. The molecule has 0 aliphatic rings. The highest BCUT2D eigenvalue weighted by Crippen LogP contribution is 2.15. The van der Waals surface area contributed by atoms with Crippen molar-refractivity contribution in [2.24, 2.45) is 0 Å². The monoisotopic (exact) mass is 283 g/mol. The second-order valence-electron chi connectivity index (χ2n) is 4.09. The van der Waals surface area contributed by atoms with E-state index in [0.29, 0.717) is 0 Å². The van der Waals surface area contributed by atoms with Gasteiger partial charge in [-0.2, -0.15) is 5.10 Å². The van der Waals surface area contributed by atoms with Crippen molar-refractivity contribution in [3.8, 4) is 0 Å². The van der Waals surface area contributed by atoms with Crippen LogP contribution in [0.4, 0.5) is 10.2 Å². The van der Waals surface area contributed by atoms with Gasteiger partial charge in [0, 0.05) is 11.8 Å². The summed E-state index contributed by atoms with van der Waals surface area (Å²) in [5.74, 6) is -0.253. The number of nitrogens with one attached hydrogen (secondary N) is 2. The Balaban J connectivity index is 2.18. The number of hydrogen-bond acceptors (Lipinski definition) is 3. The molecule has 0 unspecified atom stereocenters. The minimum Gasteiger partial charge on any atom is -0.280 e. The smallest absolute Gasteiger partial charge is 0.263 e. The van der Waals surface area contributed by atoms with E-state index in [1.54, 1.807) is 6.07 Å². The lowest BCUT2D eigenvalue weighted by molar-refractivity contribution is 0.599. The molecule has 5 nitrogen and oxygen atoms in total. The van der Waals surface area contributed by atoms with E-state index in [-0.39, 0.29) is 10.7 Å². The van der Waals surface area contributed by atoms with Crippen LogP contribution in [0.3, 0.4) is 0 Å². The molecule has 0 spiro atoms. The van der Waals surface area contributed by atoms with Gasteiger partial charge in [-0.25, -0.2) is 12.8 Å². The van der Waals surface area contributed by atoms with E-state index in [0.717, 1.165) is 30.7 Å². The van der Waals surface area contributed by atoms with E-state index in [9.17, 15) is 12.8 Å². The molecule has 2 rings (SSSR count). The van der Waals surface area contributed by atoms with Crippen molar-refractivity contribution in [2.75, 3.05) is 4.72 Å². The first kappa shape index (κ1) is 13.5. The molecule has 0 saturated heterocycles. The average Bonchev–Trinajstić information content (AvgIpc) is 2.77. The van der Waals surface area contributed by atoms with Crippen LogP contribution in [0.15, 0.2) is 35.2 Å². The number of aromatic amines is 1. The summed E-state index contributed by atoms with van der Waals surface area (Å²) in [5.41, 5.74) is 0.860. The predicted octanol–water partition coefficient (Wildman–Crippen LogP) is 2.30. The highest BCUT2D eigenvalue weighted by molar-refractivity contribution is 7.92. The van der Waals surface area contributed by atoms with Gasteiger partial charge in [-0.3, -0.25) is 9.82 Å². The number of aryl methyl sites for hydroxylation is 1. The number of nitrogens with zero attached hydrogens (tertiary/aromatic N) is 1. The largest absolute Gasteiger partial charge is 0.280 e. The molecule has 0 bridgehead atoms. The maximum absolute atomic E-state index is 12.8. The van der Waals surface area contributed by atoms with Gasteiger partial charge < -0.3 is 0 Å². The number of hydrogen-bond donors (Lipinski definition) is 2. The molecule has 1 aromatic heterocycles. The van der Waals surface area contributed by atoms with Crippen LogP contribution in [0.25, 0.3) is 0 Å². The average molecular weight is 283 g/mol. The van der Waals surface area contributed by atoms with Gasteiger partial charge in [0.1, 0.15) is 5.82 Å². The Morgan fingerprint density at radius 3 is 2.63 bits per heavy atom. The van der Waals surface area contributed by atoms with Gasteiger partial charge in [-0.15, -0.1) is 0 Å². The van der Waals surface area contributed by atoms with E-state index in [1.807, 2.05) is 6.92 Å². The Hall–Kier alpha value is -1.89. The maximum atomic E-state index is 12.8. The topological polar surface area (TPSA) is 74.8 Å². The number of sulfonamides is 1. The first-order valence-corrected chi connectivity index (χ1v) is 7.32. The lowest BCUT2D eigenvalue weighted by atomic mass is 10.2. The Morgan fingerprint density at radius 1 is 1.32 bits per heavy atom. The van der Waals surface area contributed by atoms with E-state index in [2.05, 4.69) is 14.9 Å². The first-order chi connectivity index (χ1) is 9.01. The Kier molecular flexibility index (Phi) is 3.84. The van der Waals surface area contributed by atoms with Crippen LogP contribution in [0.1, 0.15) is 19.0 Å². The van der Waals surface area contributed by atoms with Crippen LogP contribution >= 0.6 is 0 Å². The SMILES string of the molecule is CCCc1cc(NS(=O)(=O)c2ccc(F)cc2)n[nH]1. The number of anilines is 1. The van der Waals surface area contributed by atoms with Crippen molar-refractivity contribution in [1.29, 1.82) is 0 Å². The van der Waals surface area contributed by atoms with E-state index in [1.165, 1.54) is 12.1 Å². The summed E-state index contributed by atoms with van der Waals surface area (Å²) in [7, 11) is -3.73. The summed E-state index contributed by atoms with van der Waals surface area (Å²) in [4.78, 5) is -0.00561. The minimum atomic E-state index is -3.73. The summed E-state index contributed by atoms with van der Waals surface area (Å²) in [6.45, 7) is 2.02. The molecule has 0 fully saturated rings. The van der Waals surface area contributed by atoms with Crippen molar-refractivity contribution in [2.45, 2.75) is 24.7 Å². The second-order valence-corrected chi connectivity index (χ2v) is 5.77. The number of rotatable bonds is 5. The zero-order valence-corrected chi connectivity index (χ0v) is 11.2. The summed E-state index contributed by atoms with van der Waals surface area (Å²) in [6, 6.07) is 6.25. The fourth-order valence-corrected chi connectivity index (χ4v) is 2.61. The van der Waals surface area contributed by atoms with Crippen molar-refractivity contribution in [3.05, 3.63) is 41.8 Å². The van der Waals surface area contributed by atoms with Gasteiger partial charge in [-0.1, -0.05) is 13.3 Å². The Labute approximate surface area is 110 Å².